The van der Waals surface area contributed by atoms with Crippen molar-refractivity contribution in [2.45, 2.75) is 26.1 Å². The molecule has 2 aliphatic rings. The van der Waals surface area contributed by atoms with E-state index in [2.05, 4.69) is 4.99 Å². The van der Waals surface area contributed by atoms with Crippen LogP contribution in [-0.4, -0.2) is 29.0 Å². The quantitative estimate of drug-likeness (QED) is 0.863. The number of guanidine groups is 1. The predicted octanol–water partition coefficient (Wildman–Crippen LogP) is 2.21. The van der Waals surface area contributed by atoms with Gasteiger partial charge in [0.05, 0.1) is 21.4 Å². The van der Waals surface area contributed by atoms with Gasteiger partial charge in [0.2, 0.25) is 5.96 Å². The van der Waals surface area contributed by atoms with E-state index < -0.39 is 5.66 Å². The molecule has 2 aliphatic heterocycles. The van der Waals surface area contributed by atoms with Crippen LogP contribution in [0, 0.1) is 0 Å². The highest BCUT2D eigenvalue weighted by Crippen LogP contribution is 2.40. The zero-order valence-corrected chi connectivity index (χ0v) is 12.7. The second-order valence-corrected chi connectivity index (χ2v) is 6.29. The van der Waals surface area contributed by atoms with Crippen molar-refractivity contribution >= 4 is 40.8 Å². The number of nitrogens with two attached hydrogens (primary N) is 1. The molecule has 3 rings (SSSR count). The lowest BCUT2D eigenvalue weighted by atomic mass is 10.1. The Balaban J connectivity index is 2.23. The molecule has 0 radical (unpaired) electrons. The van der Waals surface area contributed by atoms with Gasteiger partial charge in [0.1, 0.15) is 6.54 Å². The number of rotatable bonds is 1. The Labute approximate surface area is 126 Å². The minimum atomic E-state index is -0.714. The summed E-state index contributed by atoms with van der Waals surface area (Å²) in [6.45, 7) is 4.46. The first kappa shape index (κ1) is 13.7. The van der Waals surface area contributed by atoms with Crippen LogP contribution in [0.1, 0.15) is 19.4 Å². The highest BCUT2D eigenvalue weighted by molar-refractivity contribution is 6.43. The molecule has 0 atom stereocenters. The summed E-state index contributed by atoms with van der Waals surface area (Å²) in [5, 5.41) is 0.989. The van der Waals surface area contributed by atoms with Gasteiger partial charge in [0.15, 0.2) is 0 Å². The number of nitrogens with zero attached hydrogens (tertiary/aromatic N) is 3. The fourth-order valence-electron chi connectivity index (χ4n) is 2.58. The molecule has 2 heterocycles. The van der Waals surface area contributed by atoms with Crippen LogP contribution in [0.5, 0.6) is 0 Å². The highest BCUT2D eigenvalue weighted by Gasteiger charge is 2.40. The van der Waals surface area contributed by atoms with Gasteiger partial charge in [0.25, 0.3) is 5.91 Å². The molecule has 20 heavy (non-hydrogen) atoms. The fourth-order valence-corrected chi connectivity index (χ4v) is 2.98. The standard InChI is InChI=1S/C13H14Cl2N4O/c1-13(2,16)19-9-4-3-8(14)11(15)7(9)5-18-6-10(20)17-12(18)19/h3-4H,5-6,16H2,1-2H3. The van der Waals surface area contributed by atoms with Crippen LogP contribution >= 0.6 is 23.2 Å². The lowest BCUT2D eigenvalue weighted by Crippen LogP contribution is -2.60. The number of amides is 1. The van der Waals surface area contributed by atoms with Gasteiger partial charge in [0, 0.05) is 12.1 Å². The van der Waals surface area contributed by atoms with Crippen molar-refractivity contribution in [3.8, 4) is 0 Å². The van der Waals surface area contributed by atoms with Crippen molar-refractivity contribution in [1.29, 1.82) is 0 Å². The van der Waals surface area contributed by atoms with Crippen LogP contribution in [0.3, 0.4) is 0 Å². The SMILES string of the molecule is CC(C)(N)N1C2=NC(=O)CN2Cc2c1ccc(Cl)c2Cl. The van der Waals surface area contributed by atoms with E-state index in [4.69, 9.17) is 28.9 Å². The molecular formula is C13H14Cl2N4O. The number of carbonyl (C=O) groups is 1. The average molecular weight is 313 g/mol. The first-order chi connectivity index (χ1) is 9.29. The third-order valence-corrected chi connectivity index (χ3v) is 4.21. The summed E-state index contributed by atoms with van der Waals surface area (Å²) >= 11 is 12.4. The van der Waals surface area contributed by atoms with E-state index in [0.29, 0.717) is 22.5 Å². The average Bonchev–Trinajstić information content (AvgIpc) is 2.69. The van der Waals surface area contributed by atoms with Gasteiger partial charge in [-0.05, 0) is 26.0 Å². The normalized spacial score (nSPS) is 18.1. The summed E-state index contributed by atoms with van der Waals surface area (Å²) in [5.41, 5.74) is 7.24. The maximum Gasteiger partial charge on any atom is 0.268 e. The number of hydrogen-bond acceptors (Lipinski definition) is 4. The number of hydrogen-bond donors (Lipinski definition) is 1. The van der Waals surface area contributed by atoms with Crippen LogP contribution < -0.4 is 10.6 Å². The summed E-state index contributed by atoms with van der Waals surface area (Å²) in [6.07, 6.45) is 0. The van der Waals surface area contributed by atoms with E-state index in [9.17, 15) is 4.79 Å². The summed E-state index contributed by atoms with van der Waals surface area (Å²) in [6, 6.07) is 3.59. The molecule has 1 amide bonds. The van der Waals surface area contributed by atoms with Gasteiger partial charge in [-0.3, -0.25) is 9.69 Å². The van der Waals surface area contributed by atoms with E-state index in [1.807, 2.05) is 29.7 Å². The molecule has 0 saturated carbocycles. The van der Waals surface area contributed by atoms with Gasteiger partial charge in [-0.1, -0.05) is 23.2 Å². The molecule has 2 N–H and O–H groups in total. The molecule has 0 fully saturated rings. The number of anilines is 1. The number of halogens is 2. The number of aliphatic imine (C=N–C) groups is 1. The molecule has 0 unspecified atom stereocenters. The monoisotopic (exact) mass is 312 g/mol. The molecule has 0 spiro atoms. The number of carbonyl (C=O) groups excluding carboxylic acids is 1. The van der Waals surface area contributed by atoms with E-state index in [0.717, 1.165) is 11.3 Å². The van der Waals surface area contributed by atoms with Crippen molar-refractivity contribution in [2.24, 2.45) is 10.7 Å². The lowest BCUT2D eigenvalue weighted by Gasteiger charge is -2.44. The molecule has 7 heteroatoms. The zero-order chi connectivity index (χ0) is 14.7. The van der Waals surface area contributed by atoms with E-state index in [1.54, 1.807) is 6.07 Å². The topological polar surface area (TPSA) is 61.9 Å². The Bertz CT molecular complexity index is 636. The van der Waals surface area contributed by atoms with Gasteiger partial charge < -0.3 is 10.6 Å². The van der Waals surface area contributed by atoms with Gasteiger partial charge >= 0.3 is 0 Å². The van der Waals surface area contributed by atoms with Gasteiger partial charge in [-0.25, -0.2) is 0 Å². The third kappa shape index (κ3) is 1.97. The second kappa shape index (κ2) is 4.35. The molecule has 0 bridgehead atoms. The van der Waals surface area contributed by atoms with Crippen LogP contribution in [0.25, 0.3) is 0 Å². The summed E-state index contributed by atoms with van der Waals surface area (Å²) in [5.74, 6) is 0.401. The molecule has 1 aromatic rings. The molecule has 0 saturated heterocycles. The van der Waals surface area contributed by atoms with E-state index >= 15 is 0 Å². The molecule has 106 valence electrons. The first-order valence-electron chi connectivity index (χ1n) is 6.21. The number of benzene rings is 1. The van der Waals surface area contributed by atoms with Crippen LogP contribution in [0.4, 0.5) is 5.69 Å². The summed E-state index contributed by atoms with van der Waals surface area (Å²) < 4.78 is 0. The van der Waals surface area contributed by atoms with Crippen molar-refractivity contribution in [1.82, 2.24) is 4.90 Å². The van der Waals surface area contributed by atoms with Crippen LogP contribution in [0.15, 0.2) is 17.1 Å². The largest absolute Gasteiger partial charge is 0.328 e. The van der Waals surface area contributed by atoms with Crippen molar-refractivity contribution in [3.05, 3.63) is 27.7 Å². The lowest BCUT2D eigenvalue weighted by molar-refractivity contribution is -0.117. The van der Waals surface area contributed by atoms with Crippen LogP contribution in [0.2, 0.25) is 10.0 Å². The van der Waals surface area contributed by atoms with Gasteiger partial charge in [-0.15, -0.1) is 0 Å². The molecular weight excluding hydrogens is 299 g/mol. The highest BCUT2D eigenvalue weighted by atomic mass is 35.5. The number of fused-ring (bicyclic) bond motifs is 2. The Morgan fingerprint density at radius 1 is 1.30 bits per heavy atom. The van der Waals surface area contributed by atoms with E-state index in [-0.39, 0.29) is 12.5 Å². The zero-order valence-electron chi connectivity index (χ0n) is 11.2. The Morgan fingerprint density at radius 2 is 2.00 bits per heavy atom. The first-order valence-corrected chi connectivity index (χ1v) is 6.97. The maximum absolute atomic E-state index is 11.6. The van der Waals surface area contributed by atoms with Crippen molar-refractivity contribution in [3.63, 3.8) is 0 Å². The second-order valence-electron chi connectivity index (χ2n) is 5.51. The summed E-state index contributed by atoms with van der Waals surface area (Å²) in [4.78, 5) is 19.4. The van der Waals surface area contributed by atoms with Crippen LogP contribution in [-0.2, 0) is 11.3 Å². The van der Waals surface area contributed by atoms with Crippen molar-refractivity contribution < 1.29 is 4.79 Å². The minimum absolute atomic E-state index is 0.177. The molecule has 5 nitrogen and oxygen atoms in total. The fraction of sp³-hybridized carbons (Fsp3) is 0.385. The van der Waals surface area contributed by atoms with E-state index in [1.165, 1.54) is 0 Å². The predicted molar refractivity (Wildman–Crippen MR) is 80.1 cm³/mol. The minimum Gasteiger partial charge on any atom is -0.328 e. The maximum atomic E-state index is 11.6. The Kier molecular flexibility index (Phi) is 2.97. The molecule has 1 aromatic carbocycles. The van der Waals surface area contributed by atoms with Gasteiger partial charge in [-0.2, -0.15) is 4.99 Å². The molecule has 0 aliphatic carbocycles. The third-order valence-electron chi connectivity index (χ3n) is 3.37. The molecule has 0 aromatic heterocycles. The summed E-state index contributed by atoms with van der Waals surface area (Å²) in [7, 11) is 0. The van der Waals surface area contributed by atoms with Crippen molar-refractivity contribution in [2.75, 3.05) is 11.4 Å². The Hall–Kier alpha value is -1.30. The Morgan fingerprint density at radius 3 is 2.65 bits per heavy atom. The smallest absolute Gasteiger partial charge is 0.268 e.